The van der Waals surface area contributed by atoms with E-state index in [-0.39, 0.29) is 5.91 Å². The second kappa shape index (κ2) is 5.37. The van der Waals surface area contributed by atoms with Gasteiger partial charge in [0.1, 0.15) is 12.0 Å². The first kappa shape index (κ1) is 12.2. The first-order valence-electron chi connectivity index (χ1n) is 5.58. The number of anilines is 1. The Balaban J connectivity index is 2.11. The number of benzene rings is 1. The molecule has 92 valence electrons. The maximum absolute atomic E-state index is 11.9. The van der Waals surface area contributed by atoms with Crippen LogP contribution < -0.4 is 11.1 Å². The minimum absolute atomic E-state index is 0.249. The van der Waals surface area contributed by atoms with Crippen LogP contribution in [-0.2, 0) is 6.54 Å². The third-order valence-corrected chi connectivity index (χ3v) is 2.48. The van der Waals surface area contributed by atoms with Gasteiger partial charge in [-0.05, 0) is 30.7 Å². The van der Waals surface area contributed by atoms with Gasteiger partial charge in [-0.2, -0.15) is 0 Å². The Labute approximate surface area is 105 Å². The number of aryl methyl sites for hydroxylation is 1. The minimum atomic E-state index is -0.249. The van der Waals surface area contributed by atoms with Crippen molar-refractivity contribution in [1.29, 1.82) is 0 Å². The molecule has 0 aliphatic carbocycles. The molecule has 0 radical (unpaired) electrons. The number of rotatable bonds is 3. The summed E-state index contributed by atoms with van der Waals surface area (Å²) in [4.78, 5) is 19.8. The molecule has 1 heterocycles. The van der Waals surface area contributed by atoms with Gasteiger partial charge >= 0.3 is 0 Å². The van der Waals surface area contributed by atoms with E-state index in [0.717, 1.165) is 11.3 Å². The second-order valence-electron chi connectivity index (χ2n) is 3.90. The summed E-state index contributed by atoms with van der Waals surface area (Å²) in [6.45, 7) is 2.30. The summed E-state index contributed by atoms with van der Waals surface area (Å²) in [5.41, 5.74) is 8.35. The zero-order valence-electron chi connectivity index (χ0n) is 10.1. The summed E-state index contributed by atoms with van der Waals surface area (Å²) in [6.07, 6.45) is 1.38. The van der Waals surface area contributed by atoms with Crippen molar-refractivity contribution in [3.63, 3.8) is 0 Å². The number of nitrogens with two attached hydrogens (primary N) is 1. The molecular weight excluding hydrogens is 228 g/mol. The summed E-state index contributed by atoms with van der Waals surface area (Å²) >= 11 is 0. The molecule has 1 aromatic carbocycles. The smallest absolute Gasteiger partial charge is 0.274 e. The van der Waals surface area contributed by atoms with Crippen LogP contribution in [0.3, 0.4) is 0 Å². The van der Waals surface area contributed by atoms with Crippen molar-refractivity contribution in [2.45, 2.75) is 13.5 Å². The van der Waals surface area contributed by atoms with Gasteiger partial charge in [0.05, 0.1) is 0 Å². The van der Waals surface area contributed by atoms with Crippen LogP contribution in [0, 0.1) is 6.92 Å². The summed E-state index contributed by atoms with van der Waals surface area (Å²) in [7, 11) is 0. The number of amides is 1. The lowest BCUT2D eigenvalue weighted by atomic mass is 10.2. The maximum atomic E-state index is 11.9. The van der Waals surface area contributed by atoms with Crippen LogP contribution in [-0.4, -0.2) is 15.9 Å². The van der Waals surface area contributed by atoms with Gasteiger partial charge in [-0.1, -0.05) is 12.1 Å². The Hall–Kier alpha value is -2.27. The van der Waals surface area contributed by atoms with Crippen molar-refractivity contribution < 1.29 is 4.79 Å². The van der Waals surface area contributed by atoms with Gasteiger partial charge in [0.2, 0.25) is 0 Å². The Morgan fingerprint density at radius 2 is 2.00 bits per heavy atom. The third-order valence-electron chi connectivity index (χ3n) is 2.48. The molecule has 1 aromatic heterocycles. The molecule has 0 spiro atoms. The summed E-state index contributed by atoms with van der Waals surface area (Å²) < 4.78 is 0. The Morgan fingerprint density at radius 1 is 1.28 bits per heavy atom. The largest absolute Gasteiger partial charge is 0.326 e. The van der Waals surface area contributed by atoms with Crippen LogP contribution in [0.5, 0.6) is 0 Å². The average molecular weight is 242 g/mol. The molecule has 0 aliphatic heterocycles. The van der Waals surface area contributed by atoms with Crippen molar-refractivity contribution in [3.05, 3.63) is 53.6 Å². The normalized spacial score (nSPS) is 10.1. The standard InChI is InChI=1S/C13H14N4O/c1-9-6-12(16-8-15-9)13(18)17-11-4-2-10(7-14)3-5-11/h2-6,8H,7,14H2,1H3,(H,17,18). The van der Waals surface area contributed by atoms with Crippen molar-refractivity contribution >= 4 is 11.6 Å². The Morgan fingerprint density at radius 3 is 2.61 bits per heavy atom. The molecule has 0 atom stereocenters. The molecule has 0 unspecified atom stereocenters. The summed E-state index contributed by atoms with van der Waals surface area (Å²) in [5, 5.41) is 2.77. The highest BCUT2D eigenvalue weighted by Crippen LogP contribution is 2.10. The van der Waals surface area contributed by atoms with E-state index in [2.05, 4.69) is 15.3 Å². The van der Waals surface area contributed by atoms with E-state index in [0.29, 0.717) is 17.9 Å². The van der Waals surface area contributed by atoms with E-state index >= 15 is 0 Å². The molecule has 5 heteroatoms. The number of carbonyl (C=O) groups excluding carboxylic acids is 1. The third kappa shape index (κ3) is 2.89. The van der Waals surface area contributed by atoms with Crippen LogP contribution in [0.25, 0.3) is 0 Å². The highest BCUT2D eigenvalue weighted by Gasteiger charge is 2.07. The molecule has 0 fully saturated rings. The predicted molar refractivity (Wildman–Crippen MR) is 69.1 cm³/mol. The van der Waals surface area contributed by atoms with Crippen LogP contribution in [0.2, 0.25) is 0 Å². The van der Waals surface area contributed by atoms with Gasteiger partial charge in [0.15, 0.2) is 0 Å². The van der Waals surface area contributed by atoms with E-state index in [1.54, 1.807) is 6.07 Å². The molecule has 2 aromatic rings. The van der Waals surface area contributed by atoms with Gasteiger partial charge in [-0.25, -0.2) is 9.97 Å². The fraction of sp³-hybridized carbons (Fsp3) is 0.154. The van der Waals surface area contributed by atoms with E-state index in [1.165, 1.54) is 6.33 Å². The fourth-order valence-electron chi connectivity index (χ4n) is 1.50. The number of hydrogen-bond donors (Lipinski definition) is 2. The van der Waals surface area contributed by atoms with Gasteiger partial charge in [-0.3, -0.25) is 4.79 Å². The number of nitrogens with zero attached hydrogens (tertiary/aromatic N) is 2. The first-order chi connectivity index (χ1) is 8.69. The highest BCUT2D eigenvalue weighted by molar-refractivity contribution is 6.02. The lowest BCUT2D eigenvalue weighted by Crippen LogP contribution is -2.14. The van der Waals surface area contributed by atoms with Crippen LogP contribution in [0.15, 0.2) is 36.7 Å². The van der Waals surface area contributed by atoms with Crippen molar-refractivity contribution in [1.82, 2.24) is 9.97 Å². The van der Waals surface area contributed by atoms with Gasteiger partial charge < -0.3 is 11.1 Å². The number of nitrogens with one attached hydrogen (secondary N) is 1. The predicted octanol–water partition coefficient (Wildman–Crippen LogP) is 1.50. The second-order valence-corrected chi connectivity index (χ2v) is 3.90. The van der Waals surface area contributed by atoms with Gasteiger partial charge in [0.25, 0.3) is 5.91 Å². The molecule has 3 N–H and O–H groups in total. The first-order valence-corrected chi connectivity index (χ1v) is 5.58. The summed E-state index contributed by atoms with van der Waals surface area (Å²) in [5.74, 6) is -0.249. The lowest BCUT2D eigenvalue weighted by Gasteiger charge is -2.05. The average Bonchev–Trinajstić information content (AvgIpc) is 2.39. The zero-order chi connectivity index (χ0) is 13.0. The van der Waals surface area contributed by atoms with Crippen LogP contribution >= 0.6 is 0 Å². The molecular formula is C13H14N4O. The van der Waals surface area contributed by atoms with Crippen molar-refractivity contribution in [3.8, 4) is 0 Å². The quantitative estimate of drug-likeness (QED) is 0.854. The van der Waals surface area contributed by atoms with E-state index in [4.69, 9.17) is 5.73 Å². The van der Waals surface area contributed by atoms with Crippen molar-refractivity contribution in [2.75, 3.05) is 5.32 Å². The van der Waals surface area contributed by atoms with E-state index in [1.807, 2.05) is 31.2 Å². The summed E-state index contributed by atoms with van der Waals surface area (Å²) in [6, 6.07) is 9.02. The molecule has 18 heavy (non-hydrogen) atoms. The number of aromatic nitrogens is 2. The van der Waals surface area contributed by atoms with E-state index < -0.39 is 0 Å². The molecule has 0 aliphatic rings. The van der Waals surface area contributed by atoms with Crippen LogP contribution in [0.4, 0.5) is 5.69 Å². The SMILES string of the molecule is Cc1cc(C(=O)Nc2ccc(CN)cc2)ncn1. The monoisotopic (exact) mass is 242 g/mol. The molecule has 0 saturated carbocycles. The molecule has 0 bridgehead atoms. The molecule has 5 nitrogen and oxygen atoms in total. The highest BCUT2D eigenvalue weighted by atomic mass is 16.1. The fourth-order valence-corrected chi connectivity index (χ4v) is 1.50. The molecule has 2 rings (SSSR count). The van der Waals surface area contributed by atoms with Gasteiger partial charge in [0, 0.05) is 17.9 Å². The Kier molecular flexibility index (Phi) is 3.64. The maximum Gasteiger partial charge on any atom is 0.274 e. The Bertz CT molecular complexity index is 551. The minimum Gasteiger partial charge on any atom is -0.326 e. The van der Waals surface area contributed by atoms with E-state index in [9.17, 15) is 4.79 Å². The molecule has 1 amide bonds. The van der Waals surface area contributed by atoms with Crippen LogP contribution in [0.1, 0.15) is 21.7 Å². The van der Waals surface area contributed by atoms with Crippen molar-refractivity contribution in [2.24, 2.45) is 5.73 Å². The lowest BCUT2D eigenvalue weighted by molar-refractivity contribution is 0.102. The number of carbonyl (C=O) groups is 1. The van der Waals surface area contributed by atoms with Gasteiger partial charge in [-0.15, -0.1) is 0 Å². The zero-order valence-corrected chi connectivity index (χ0v) is 10.1. The molecule has 0 saturated heterocycles. The topological polar surface area (TPSA) is 80.9 Å². The number of hydrogen-bond acceptors (Lipinski definition) is 4.